The number of carbonyl (C=O) groups excluding carboxylic acids is 2. The fourth-order valence-corrected chi connectivity index (χ4v) is 6.66. The molecule has 0 spiro atoms. The van der Waals surface area contributed by atoms with Crippen molar-refractivity contribution in [1.29, 1.82) is 0 Å². The van der Waals surface area contributed by atoms with Crippen LogP contribution in [0.5, 0.6) is 11.5 Å². The van der Waals surface area contributed by atoms with Crippen LogP contribution in [0.3, 0.4) is 0 Å². The number of ether oxygens (including phenoxy) is 5. The van der Waals surface area contributed by atoms with Crippen molar-refractivity contribution in [3.8, 4) is 11.5 Å². The molecule has 17 nitrogen and oxygen atoms in total. The number of hydrogen-bond donors (Lipinski definition) is 10. The summed E-state index contributed by atoms with van der Waals surface area (Å²) in [6.07, 6.45) is -2.55. The van der Waals surface area contributed by atoms with Crippen molar-refractivity contribution in [2.24, 2.45) is 0 Å². The van der Waals surface area contributed by atoms with Gasteiger partial charge in [0.1, 0.15) is 73.5 Å². The summed E-state index contributed by atoms with van der Waals surface area (Å²) >= 11 is 0. The van der Waals surface area contributed by atoms with Crippen LogP contribution < -0.4 is 30.7 Å². The number of nitrogens with one attached hydrogen (secondary N) is 4. The summed E-state index contributed by atoms with van der Waals surface area (Å²) in [5, 5.41) is 75.2. The van der Waals surface area contributed by atoms with E-state index in [9.17, 15) is 40.2 Å². The molecule has 4 amide bonds. The predicted octanol–water partition coefficient (Wildman–Crippen LogP) is 3.74. The Balaban J connectivity index is 1.22. The van der Waals surface area contributed by atoms with Gasteiger partial charge in [-0.3, -0.25) is 0 Å². The highest BCUT2D eigenvalue weighted by atomic mass is 16.8. The molecule has 10 N–H and O–H groups in total. The van der Waals surface area contributed by atoms with Crippen LogP contribution in [-0.4, -0.2) is 130 Å². The minimum absolute atomic E-state index is 0.291. The van der Waals surface area contributed by atoms with Gasteiger partial charge < -0.3 is 75.6 Å². The summed E-state index contributed by atoms with van der Waals surface area (Å²) in [5.41, 5.74) is 1.07. The first kappa shape index (κ1) is 47.9. The molecule has 2 aliphatic rings. The lowest BCUT2D eigenvalue weighted by Gasteiger charge is -2.44. The van der Waals surface area contributed by atoms with Crippen LogP contribution in [-0.2, 0) is 14.2 Å². The fraction of sp³-hybridized carbons (Fsp3) is 0.667. The Labute approximate surface area is 346 Å². The predicted molar refractivity (Wildman–Crippen MR) is 219 cm³/mol. The van der Waals surface area contributed by atoms with Gasteiger partial charge in [-0.05, 0) is 61.4 Å². The molecule has 332 valence electrons. The van der Waals surface area contributed by atoms with Crippen LogP contribution in [0.15, 0.2) is 48.5 Å². The van der Waals surface area contributed by atoms with Gasteiger partial charge in [-0.2, -0.15) is 0 Å². The molecular formula is C42H66N4O13. The van der Waals surface area contributed by atoms with Gasteiger partial charge in [-0.15, -0.1) is 0 Å². The highest BCUT2D eigenvalue weighted by Crippen LogP contribution is 2.29. The summed E-state index contributed by atoms with van der Waals surface area (Å²) < 4.78 is 28.7. The zero-order chi connectivity index (χ0) is 42.6. The van der Waals surface area contributed by atoms with Gasteiger partial charge in [-0.25, -0.2) is 9.59 Å². The third-order valence-electron chi connectivity index (χ3n) is 10.3. The third-order valence-corrected chi connectivity index (χ3v) is 10.3. The normalized spacial score (nSPS) is 26.8. The van der Waals surface area contributed by atoms with Crippen molar-refractivity contribution in [2.75, 3.05) is 36.9 Å². The molecule has 0 aliphatic carbocycles. The van der Waals surface area contributed by atoms with Crippen molar-refractivity contribution >= 4 is 23.4 Å². The zero-order valence-electron chi connectivity index (χ0n) is 34.2. The number of unbranched alkanes of at least 4 members (excludes halogenated alkanes) is 10. The Morgan fingerprint density at radius 3 is 1.24 bits per heavy atom. The summed E-state index contributed by atoms with van der Waals surface area (Å²) in [4.78, 5) is 24.5. The first-order valence-electron chi connectivity index (χ1n) is 21.1. The van der Waals surface area contributed by atoms with Crippen LogP contribution in [0.4, 0.5) is 21.0 Å². The van der Waals surface area contributed by atoms with E-state index in [0.29, 0.717) is 36.0 Å². The Morgan fingerprint density at radius 2 is 0.864 bits per heavy atom. The molecule has 2 aromatic carbocycles. The Hall–Kier alpha value is -3.78. The second-order valence-corrected chi connectivity index (χ2v) is 15.1. The van der Waals surface area contributed by atoms with E-state index in [2.05, 4.69) is 35.1 Å². The van der Waals surface area contributed by atoms with Gasteiger partial charge in [0.05, 0.1) is 0 Å². The number of aliphatic hydroxyl groups is 6. The molecule has 2 aromatic rings. The highest BCUT2D eigenvalue weighted by Gasteiger charge is 2.50. The second kappa shape index (κ2) is 25.8. The molecule has 4 rings (SSSR count). The smallest absolute Gasteiger partial charge is 0.319 e. The standard InChI is InChI=1S/C42H66N4O13/c1-3-5-7-9-11-13-23-43-41(53)45-27-15-19-29(20-16-27)55-25-31-33(47)35(49)37(51)39(57-31)59-40-38(52)36(50)34(48)32(58-40)26-56-30-21-17-28(18-22-30)46-42(54)44-24-14-12-10-8-6-4-2/h15-22,31-40,47-52H,3-14,23-26H2,1-2H3,(H2,43,45,53)(H2,44,46,54)/t31-,32?,33?,34+,35?,36?,37?,38+,39-,40?/m0/s1. The number of carbonyl (C=O) groups is 2. The van der Waals surface area contributed by atoms with Crippen LogP contribution >= 0.6 is 0 Å². The number of aliphatic hydroxyl groups excluding tert-OH is 6. The first-order chi connectivity index (χ1) is 28.5. The topological polar surface area (TPSA) is 250 Å². The van der Waals surface area contributed by atoms with E-state index in [-0.39, 0.29) is 25.3 Å². The lowest BCUT2D eigenvalue weighted by molar-refractivity contribution is -0.375. The van der Waals surface area contributed by atoms with E-state index in [4.69, 9.17) is 23.7 Å². The second-order valence-electron chi connectivity index (χ2n) is 15.1. The molecule has 2 aliphatic heterocycles. The van der Waals surface area contributed by atoms with Gasteiger partial charge in [0, 0.05) is 24.5 Å². The van der Waals surface area contributed by atoms with Crippen LogP contribution in [0.25, 0.3) is 0 Å². The zero-order valence-corrected chi connectivity index (χ0v) is 34.2. The first-order valence-corrected chi connectivity index (χ1v) is 21.1. The Kier molecular flexibility index (Phi) is 20.9. The molecule has 0 aromatic heterocycles. The summed E-state index contributed by atoms with van der Waals surface area (Å²) in [5.74, 6) is 0.719. The van der Waals surface area contributed by atoms with E-state index in [1.165, 1.54) is 38.5 Å². The largest absolute Gasteiger partial charge is 0.491 e. The lowest BCUT2D eigenvalue weighted by Crippen LogP contribution is -2.64. The third kappa shape index (κ3) is 16.0. The number of rotatable bonds is 24. The molecular weight excluding hydrogens is 768 g/mol. The van der Waals surface area contributed by atoms with Crippen LogP contribution in [0.1, 0.15) is 90.9 Å². The van der Waals surface area contributed by atoms with Crippen molar-refractivity contribution in [1.82, 2.24) is 10.6 Å². The minimum atomic E-state index is -1.79. The monoisotopic (exact) mass is 834 g/mol. The number of benzene rings is 2. The van der Waals surface area contributed by atoms with Crippen LogP contribution in [0, 0.1) is 0 Å². The van der Waals surface area contributed by atoms with E-state index < -0.39 is 61.4 Å². The summed E-state index contributed by atoms with van der Waals surface area (Å²) in [6, 6.07) is 12.3. The SMILES string of the molecule is CCCCCCCCNC(=O)Nc1ccc(OCC2OC(O[C@@H]3O[C@@H](COc4ccc(NC(=O)NCCCCCCCC)cc4)C(O)C(O)C3O)[C@H](O)C(O)[C@@H]2O)cc1. The molecule has 2 fully saturated rings. The molecule has 10 atom stereocenters. The van der Waals surface area contributed by atoms with Crippen molar-refractivity contribution < 1.29 is 63.9 Å². The molecule has 2 heterocycles. The summed E-state index contributed by atoms with van der Waals surface area (Å²) in [6.45, 7) is 4.91. The maximum atomic E-state index is 12.3. The quantitative estimate of drug-likeness (QED) is 0.0678. The van der Waals surface area contributed by atoms with Crippen molar-refractivity contribution in [2.45, 2.75) is 152 Å². The van der Waals surface area contributed by atoms with Crippen molar-refractivity contribution in [3.63, 3.8) is 0 Å². The number of anilines is 2. The van der Waals surface area contributed by atoms with Gasteiger partial charge in [0.25, 0.3) is 0 Å². The van der Waals surface area contributed by atoms with E-state index >= 15 is 0 Å². The van der Waals surface area contributed by atoms with Crippen molar-refractivity contribution in [3.05, 3.63) is 48.5 Å². The molecule has 2 saturated heterocycles. The number of hydrogen-bond acceptors (Lipinski definition) is 13. The average molecular weight is 835 g/mol. The molecule has 0 radical (unpaired) electrons. The van der Waals surface area contributed by atoms with Gasteiger partial charge in [-0.1, -0.05) is 78.1 Å². The maximum absolute atomic E-state index is 12.3. The number of urea groups is 2. The number of amides is 4. The van der Waals surface area contributed by atoms with Crippen LogP contribution in [0.2, 0.25) is 0 Å². The van der Waals surface area contributed by atoms with Gasteiger partial charge >= 0.3 is 12.1 Å². The van der Waals surface area contributed by atoms with E-state index in [1.807, 2.05) is 0 Å². The maximum Gasteiger partial charge on any atom is 0.319 e. The summed E-state index contributed by atoms with van der Waals surface area (Å²) in [7, 11) is 0. The average Bonchev–Trinajstić information content (AvgIpc) is 3.23. The molecule has 0 saturated carbocycles. The highest BCUT2D eigenvalue weighted by molar-refractivity contribution is 5.89. The van der Waals surface area contributed by atoms with Gasteiger partial charge in [0.2, 0.25) is 0 Å². The fourth-order valence-electron chi connectivity index (χ4n) is 6.66. The van der Waals surface area contributed by atoms with E-state index in [1.54, 1.807) is 48.5 Å². The molecule has 6 unspecified atom stereocenters. The minimum Gasteiger partial charge on any atom is -0.491 e. The molecule has 17 heteroatoms. The Bertz CT molecular complexity index is 1380. The van der Waals surface area contributed by atoms with Gasteiger partial charge in [0.15, 0.2) is 12.6 Å². The lowest BCUT2D eigenvalue weighted by atomic mass is 9.98. The molecule has 0 bridgehead atoms. The Morgan fingerprint density at radius 1 is 0.508 bits per heavy atom. The molecule has 59 heavy (non-hydrogen) atoms. The van der Waals surface area contributed by atoms with E-state index in [0.717, 1.165) is 38.5 Å².